The molecule has 1 fully saturated rings. The molecule has 1 saturated heterocycles. The topological polar surface area (TPSA) is 86.8 Å². The molecule has 9 heteroatoms. The van der Waals surface area contributed by atoms with Crippen LogP contribution in [-0.2, 0) is 20.0 Å². The summed E-state index contributed by atoms with van der Waals surface area (Å²) in [5, 5.41) is 0. The van der Waals surface area contributed by atoms with Crippen LogP contribution in [0.1, 0.15) is 0 Å². The molecule has 0 atom stereocenters. The van der Waals surface area contributed by atoms with E-state index >= 15 is 0 Å². The fourth-order valence-corrected chi connectivity index (χ4v) is 4.29. The molecule has 0 saturated carbocycles. The largest absolute Gasteiger partial charge is 0.369 e. The van der Waals surface area contributed by atoms with Gasteiger partial charge in [0, 0.05) is 38.4 Å². The summed E-state index contributed by atoms with van der Waals surface area (Å²) in [5.41, 5.74) is 1.08. The number of piperazine rings is 1. The lowest BCUT2D eigenvalue weighted by atomic mass is 10.2. The number of hydrogen-bond donors (Lipinski definition) is 1. The van der Waals surface area contributed by atoms with Crippen molar-refractivity contribution in [3.8, 4) is 0 Å². The van der Waals surface area contributed by atoms with Gasteiger partial charge in [-0.1, -0.05) is 18.2 Å². The minimum Gasteiger partial charge on any atom is -0.369 e. The lowest BCUT2D eigenvalue weighted by molar-refractivity contribution is 0.385. The Hall–Kier alpha value is -1.16. The highest BCUT2D eigenvalue weighted by Gasteiger charge is 2.26. The van der Waals surface area contributed by atoms with E-state index in [9.17, 15) is 16.8 Å². The van der Waals surface area contributed by atoms with Gasteiger partial charge in [0.1, 0.15) is 0 Å². The molecule has 0 bridgehead atoms. The van der Waals surface area contributed by atoms with E-state index in [2.05, 4.69) is 9.62 Å². The van der Waals surface area contributed by atoms with E-state index in [0.29, 0.717) is 26.2 Å². The standard InChI is InChI=1S/C13H21N3O4S2/c1-21(17,18)14-7-12-22(19,20)16-10-8-15(9-11-16)13-5-3-2-4-6-13/h2-6,14H,7-12H2,1H3. The van der Waals surface area contributed by atoms with E-state index in [1.165, 1.54) is 4.31 Å². The molecule has 7 nitrogen and oxygen atoms in total. The smallest absolute Gasteiger partial charge is 0.215 e. The predicted octanol–water partition coefficient (Wildman–Crippen LogP) is -0.312. The van der Waals surface area contributed by atoms with E-state index in [4.69, 9.17) is 0 Å². The molecule has 0 aromatic heterocycles. The van der Waals surface area contributed by atoms with Gasteiger partial charge in [0.15, 0.2) is 0 Å². The number of sulfonamides is 2. The van der Waals surface area contributed by atoms with Crippen LogP contribution in [0, 0.1) is 0 Å². The molecule has 1 aromatic rings. The summed E-state index contributed by atoms with van der Waals surface area (Å²) in [6, 6.07) is 9.85. The molecule has 124 valence electrons. The molecule has 0 aliphatic carbocycles. The average molecular weight is 347 g/mol. The normalized spacial score (nSPS) is 17.6. The van der Waals surface area contributed by atoms with Crippen molar-refractivity contribution < 1.29 is 16.8 Å². The van der Waals surface area contributed by atoms with E-state index < -0.39 is 20.0 Å². The molecule has 0 unspecified atom stereocenters. The Labute approximate surface area is 132 Å². The minimum atomic E-state index is -3.43. The van der Waals surface area contributed by atoms with Crippen molar-refractivity contribution in [3.63, 3.8) is 0 Å². The predicted molar refractivity (Wildman–Crippen MR) is 86.9 cm³/mol. The van der Waals surface area contributed by atoms with E-state index in [1.54, 1.807) is 0 Å². The van der Waals surface area contributed by atoms with Gasteiger partial charge in [-0.15, -0.1) is 0 Å². The Morgan fingerprint density at radius 3 is 2.14 bits per heavy atom. The number of para-hydroxylation sites is 1. The van der Waals surface area contributed by atoms with Crippen molar-refractivity contribution in [1.29, 1.82) is 0 Å². The van der Waals surface area contributed by atoms with E-state index in [0.717, 1.165) is 11.9 Å². The first kappa shape index (κ1) is 17.2. The Balaban J connectivity index is 1.88. The third-order valence-electron chi connectivity index (χ3n) is 3.48. The van der Waals surface area contributed by atoms with Gasteiger partial charge in [0.05, 0.1) is 12.0 Å². The average Bonchev–Trinajstić information content (AvgIpc) is 2.47. The van der Waals surface area contributed by atoms with Crippen molar-refractivity contribution in [2.24, 2.45) is 0 Å². The number of anilines is 1. The molecule has 22 heavy (non-hydrogen) atoms. The number of benzene rings is 1. The Morgan fingerprint density at radius 1 is 1.00 bits per heavy atom. The molecule has 2 rings (SSSR count). The summed E-state index contributed by atoms with van der Waals surface area (Å²) in [6.45, 7) is 1.98. The molecule has 1 heterocycles. The van der Waals surface area contributed by atoms with Crippen LogP contribution in [0.2, 0.25) is 0 Å². The van der Waals surface area contributed by atoms with Gasteiger partial charge in [-0.2, -0.15) is 4.31 Å². The Bertz CT molecular complexity index is 681. The van der Waals surface area contributed by atoms with Crippen LogP contribution in [0.25, 0.3) is 0 Å². The third kappa shape index (κ3) is 4.94. The zero-order chi connectivity index (χ0) is 16.2. The van der Waals surface area contributed by atoms with E-state index in [-0.39, 0.29) is 12.3 Å². The maximum atomic E-state index is 12.2. The molecule has 1 aliphatic heterocycles. The molecular weight excluding hydrogens is 326 g/mol. The second-order valence-corrected chi connectivity index (χ2v) is 9.13. The summed E-state index contributed by atoms with van der Waals surface area (Å²) in [5.74, 6) is -0.217. The maximum absolute atomic E-state index is 12.2. The third-order valence-corrected chi connectivity index (χ3v) is 6.08. The van der Waals surface area contributed by atoms with Crippen LogP contribution >= 0.6 is 0 Å². The SMILES string of the molecule is CS(=O)(=O)NCCS(=O)(=O)N1CCN(c2ccccc2)CC1. The number of hydrogen-bond acceptors (Lipinski definition) is 5. The molecule has 1 aliphatic rings. The highest BCUT2D eigenvalue weighted by atomic mass is 32.2. The van der Waals surface area contributed by atoms with Crippen LogP contribution in [0.5, 0.6) is 0 Å². The molecule has 0 spiro atoms. The first-order valence-electron chi connectivity index (χ1n) is 7.00. The lowest BCUT2D eigenvalue weighted by Gasteiger charge is -2.35. The van der Waals surface area contributed by atoms with E-state index in [1.807, 2.05) is 30.3 Å². The highest BCUT2D eigenvalue weighted by molar-refractivity contribution is 7.89. The Kier molecular flexibility index (Phi) is 5.43. The van der Waals surface area contributed by atoms with Gasteiger partial charge in [-0.25, -0.2) is 21.6 Å². The second kappa shape index (κ2) is 6.95. The van der Waals surface area contributed by atoms with Crippen molar-refractivity contribution in [2.75, 3.05) is 49.6 Å². The molecular formula is C13H21N3O4S2. The van der Waals surface area contributed by atoms with Crippen molar-refractivity contribution in [2.45, 2.75) is 0 Å². The van der Waals surface area contributed by atoms with Gasteiger partial charge in [0.25, 0.3) is 0 Å². The van der Waals surface area contributed by atoms with Crippen molar-refractivity contribution >= 4 is 25.7 Å². The monoisotopic (exact) mass is 347 g/mol. The van der Waals surface area contributed by atoms with Crippen LogP contribution in [0.4, 0.5) is 5.69 Å². The zero-order valence-electron chi connectivity index (χ0n) is 12.5. The zero-order valence-corrected chi connectivity index (χ0v) is 14.1. The molecule has 0 radical (unpaired) electrons. The van der Waals surface area contributed by atoms with Gasteiger partial charge in [0.2, 0.25) is 20.0 Å². The summed E-state index contributed by atoms with van der Waals surface area (Å²) >= 11 is 0. The maximum Gasteiger partial charge on any atom is 0.215 e. The fraction of sp³-hybridized carbons (Fsp3) is 0.538. The van der Waals surface area contributed by atoms with Gasteiger partial charge >= 0.3 is 0 Å². The van der Waals surface area contributed by atoms with Crippen LogP contribution in [-0.4, -0.2) is 65.9 Å². The fourth-order valence-electron chi connectivity index (χ4n) is 2.35. The highest BCUT2D eigenvalue weighted by Crippen LogP contribution is 2.17. The van der Waals surface area contributed by atoms with Crippen LogP contribution in [0.15, 0.2) is 30.3 Å². The summed E-state index contributed by atoms with van der Waals surface area (Å²) < 4.78 is 49.9. The number of nitrogens with one attached hydrogen (secondary N) is 1. The molecule has 1 aromatic carbocycles. The van der Waals surface area contributed by atoms with Crippen molar-refractivity contribution in [1.82, 2.24) is 9.03 Å². The van der Waals surface area contributed by atoms with Crippen molar-refractivity contribution in [3.05, 3.63) is 30.3 Å². The van der Waals surface area contributed by atoms with Gasteiger partial charge in [-0.05, 0) is 12.1 Å². The molecule has 0 amide bonds. The quantitative estimate of drug-likeness (QED) is 0.763. The lowest BCUT2D eigenvalue weighted by Crippen LogP contribution is -2.50. The van der Waals surface area contributed by atoms with Gasteiger partial charge in [-0.3, -0.25) is 0 Å². The first-order chi connectivity index (χ1) is 10.3. The second-order valence-electron chi connectivity index (χ2n) is 5.20. The summed E-state index contributed by atoms with van der Waals surface area (Å²) in [7, 11) is -6.79. The van der Waals surface area contributed by atoms with Crippen LogP contribution < -0.4 is 9.62 Å². The minimum absolute atomic E-state index is 0.0972. The molecule has 1 N–H and O–H groups in total. The Morgan fingerprint density at radius 2 is 1.59 bits per heavy atom. The van der Waals surface area contributed by atoms with Gasteiger partial charge < -0.3 is 4.90 Å². The number of nitrogens with zero attached hydrogens (tertiary/aromatic N) is 2. The first-order valence-corrected chi connectivity index (χ1v) is 10.5. The number of rotatable bonds is 6. The van der Waals surface area contributed by atoms with Crippen LogP contribution in [0.3, 0.4) is 0 Å². The summed E-state index contributed by atoms with van der Waals surface area (Å²) in [6.07, 6.45) is 1.01. The summed E-state index contributed by atoms with van der Waals surface area (Å²) in [4.78, 5) is 2.14.